The fraction of sp³-hybridized carbons (Fsp3) is 0.0597. The Morgan fingerprint density at radius 2 is 0.600 bits per heavy atom. The lowest BCUT2D eigenvalue weighted by molar-refractivity contribution is -0.144. The first kappa shape index (κ1) is 55.1. The van der Waals surface area contributed by atoms with Gasteiger partial charge in [-0.15, -0.1) is 0 Å². The molecular weight excluding hydrogens is 1120 g/mol. The number of fused-ring (bicyclic) bond motifs is 3. The fourth-order valence-electron chi connectivity index (χ4n) is 10.3. The van der Waals surface area contributed by atoms with E-state index >= 15 is 0 Å². The molecule has 418 valence electrons. The predicted molar refractivity (Wildman–Crippen MR) is 300 cm³/mol. The van der Waals surface area contributed by atoms with Crippen molar-refractivity contribution in [1.29, 1.82) is 5.26 Å². The lowest BCUT2D eigenvalue weighted by Crippen LogP contribution is -2.11. The molecule has 18 heteroatoms. The maximum absolute atomic E-state index is 14.5. The first-order valence-electron chi connectivity index (χ1n) is 25.8. The number of nitrogens with zero attached hydrogens (tertiary/aromatic N) is 6. The standard InChI is InChI=1S/C67H36F12N6/c68-64(69,70)47-27-45(28-48(33-47)65(71,72)73)43-21-23-59-51(31-43)52-32-44(46-29-49(66(74,75)76)34-50(30-46)67(77,78)79)22-24-60(52)85(59)61-53(62-81-55(39-13-5-1-6-14-39)35-56(82-62)40-15-7-2-8-16-40)25-38(37-80)26-54(61)63-83-57(41-17-9-3-10-18-41)36-58(84-63)42-19-11-4-12-20-42/h1-36H. The van der Waals surface area contributed by atoms with Gasteiger partial charge in [0.1, 0.15) is 0 Å². The molecule has 0 bridgehead atoms. The Bertz CT molecular complexity index is 4130. The highest BCUT2D eigenvalue weighted by molar-refractivity contribution is 6.13. The molecule has 85 heavy (non-hydrogen) atoms. The van der Waals surface area contributed by atoms with Crippen molar-refractivity contribution in [3.63, 3.8) is 0 Å². The molecule has 0 amide bonds. The van der Waals surface area contributed by atoms with Crippen LogP contribution in [0.3, 0.4) is 0 Å². The van der Waals surface area contributed by atoms with E-state index in [1.807, 2.05) is 121 Å². The Balaban J connectivity index is 1.24. The minimum atomic E-state index is -5.24. The zero-order valence-corrected chi connectivity index (χ0v) is 43.5. The third kappa shape index (κ3) is 11.0. The summed E-state index contributed by atoms with van der Waals surface area (Å²) >= 11 is 0. The van der Waals surface area contributed by atoms with Crippen LogP contribution in [0.25, 0.3) is 118 Å². The molecule has 0 N–H and O–H groups in total. The third-order valence-electron chi connectivity index (χ3n) is 14.3. The van der Waals surface area contributed by atoms with E-state index in [1.165, 1.54) is 48.5 Å². The highest BCUT2D eigenvalue weighted by Gasteiger charge is 2.39. The van der Waals surface area contributed by atoms with E-state index in [9.17, 15) is 57.9 Å². The van der Waals surface area contributed by atoms with Crippen LogP contribution < -0.4 is 0 Å². The second-order valence-corrected chi connectivity index (χ2v) is 19.8. The molecule has 0 unspecified atom stereocenters. The van der Waals surface area contributed by atoms with E-state index in [0.29, 0.717) is 69.3 Å². The maximum Gasteiger partial charge on any atom is 0.416 e. The van der Waals surface area contributed by atoms with Gasteiger partial charge in [0.25, 0.3) is 0 Å². The summed E-state index contributed by atoms with van der Waals surface area (Å²) in [6.45, 7) is 0. The molecule has 0 atom stereocenters. The molecule has 0 fully saturated rings. The van der Waals surface area contributed by atoms with Crippen LogP contribution in [0.5, 0.6) is 0 Å². The van der Waals surface area contributed by atoms with E-state index in [1.54, 1.807) is 16.7 Å². The van der Waals surface area contributed by atoms with Gasteiger partial charge >= 0.3 is 24.7 Å². The summed E-state index contributed by atoms with van der Waals surface area (Å²) in [5.41, 5.74) is -2.60. The van der Waals surface area contributed by atoms with Gasteiger partial charge in [0.05, 0.1) is 73.4 Å². The molecule has 12 rings (SSSR count). The molecular formula is C67H36F12N6. The van der Waals surface area contributed by atoms with Gasteiger partial charge in [0, 0.05) is 44.2 Å². The number of benzene rings is 9. The van der Waals surface area contributed by atoms with Crippen LogP contribution in [0.1, 0.15) is 27.8 Å². The van der Waals surface area contributed by atoms with Gasteiger partial charge in [-0.05, 0) is 107 Å². The number of hydrogen-bond acceptors (Lipinski definition) is 5. The van der Waals surface area contributed by atoms with Gasteiger partial charge in [-0.3, -0.25) is 0 Å². The van der Waals surface area contributed by atoms with Crippen molar-refractivity contribution in [2.45, 2.75) is 24.7 Å². The first-order valence-corrected chi connectivity index (χ1v) is 25.8. The molecule has 0 saturated carbocycles. The van der Waals surface area contributed by atoms with Crippen molar-refractivity contribution in [2.75, 3.05) is 0 Å². The molecule has 0 aliphatic carbocycles. The van der Waals surface area contributed by atoms with Crippen LogP contribution in [-0.2, 0) is 24.7 Å². The Kier molecular flexibility index (Phi) is 13.7. The van der Waals surface area contributed by atoms with Crippen LogP contribution >= 0.6 is 0 Å². The summed E-state index contributed by atoms with van der Waals surface area (Å²) < 4.78 is 175. The van der Waals surface area contributed by atoms with E-state index < -0.39 is 58.1 Å². The van der Waals surface area contributed by atoms with Gasteiger partial charge in [-0.1, -0.05) is 133 Å². The van der Waals surface area contributed by atoms with Crippen LogP contribution in [0.2, 0.25) is 0 Å². The summed E-state index contributed by atoms with van der Waals surface area (Å²) in [7, 11) is 0. The SMILES string of the molecule is N#Cc1cc(-c2nc(-c3ccccc3)cc(-c3ccccc3)n2)c(-n2c3ccc(-c4cc(C(F)(F)F)cc(C(F)(F)F)c4)cc3c3cc(-c4cc(C(F)(F)F)cc(C(F)(F)F)c4)ccc32)c(-c2nc(-c3ccccc3)cc(-c3ccccc3)n2)c1. The van der Waals surface area contributed by atoms with Gasteiger partial charge in [0.15, 0.2) is 11.6 Å². The van der Waals surface area contributed by atoms with Crippen LogP contribution in [0, 0.1) is 11.3 Å². The lowest BCUT2D eigenvalue weighted by atomic mass is 9.96. The van der Waals surface area contributed by atoms with Gasteiger partial charge in [0.2, 0.25) is 0 Å². The number of nitriles is 1. The highest BCUT2D eigenvalue weighted by atomic mass is 19.4. The second kappa shape index (κ2) is 21.1. The van der Waals surface area contributed by atoms with Crippen molar-refractivity contribution in [3.8, 4) is 102 Å². The van der Waals surface area contributed by atoms with Gasteiger partial charge in [-0.2, -0.15) is 57.9 Å². The average molecular weight is 1150 g/mol. The van der Waals surface area contributed by atoms with Crippen molar-refractivity contribution >= 4 is 21.8 Å². The van der Waals surface area contributed by atoms with E-state index in [2.05, 4.69) is 6.07 Å². The number of aromatic nitrogens is 5. The molecule has 6 nitrogen and oxygen atoms in total. The number of halogens is 12. The topological polar surface area (TPSA) is 80.3 Å². The van der Waals surface area contributed by atoms with Gasteiger partial charge < -0.3 is 4.57 Å². The van der Waals surface area contributed by atoms with E-state index in [-0.39, 0.29) is 79.1 Å². The molecule has 0 aliphatic rings. The largest absolute Gasteiger partial charge is 0.416 e. The number of alkyl halides is 12. The average Bonchev–Trinajstić information content (AvgIpc) is 1.86. The summed E-state index contributed by atoms with van der Waals surface area (Å²) in [5.74, 6) is 0.0677. The van der Waals surface area contributed by atoms with Crippen molar-refractivity contribution in [2.24, 2.45) is 0 Å². The Morgan fingerprint density at radius 1 is 0.306 bits per heavy atom. The molecule has 3 aromatic heterocycles. The van der Waals surface area contributed by atoms with E-state index in [4.69, 9.17) is 19.9 Å². The van der Waals surface area contributed by atoms with Crippen LogP contribution in [0.4, 0.5) is 52.7 Å². The summed E-state index contributed by atoms with van der Waals surface area (Å²) in [6, 6.07) is 55.5. The molecule has 12 aromatic rings. The number of rotatable bonds is 9. The monoisotopic (exact) mass is 1150 g/mol. The molecule has 9 aromatic carbocycles. The van der Waals surface area contributed by atoms with Crippen molar-refractivity contribution in [3.05, 3.63) is 246 Å². The summed E-state index contributed by atoms with van der Waals surface area (Å²) in [5, 5.41) is 11.1. The molecule has 0 radical (unpaired) electrons. The molecule has 3 heterocycles. The van der Waals surface area contributed by atoms with Crippen molar-refractivity contribution < 1.29 is 52.7 Å². The molecule has 0 saturated heterocycles. The second-order valence-electron chi connectivity index (χ2n) is 19.8. The normalized spacial score (nSPS) is 12.2. The smallest absolute Gasteiger partial charge is 0.308 e. The van der Waals surface area contributed by atoms with Crippen molar-refractivity contribution in [1.82, 2.24) is 24.5 Å². The van der Waals surface area contributed by atoms with Gasteiger partial charge in [-0.25, -0.2) is 19.9 Å². The maximum atomic E-state index is 14.5. The predicted octanol–water partition coefficient (Wildman–Crippen LogP) is 19.6. The Hall–Kier alpha value is -10.4. The Morgan fingerprint density at radius 3 is 0.871 bits per heavy atom. The minimum Gasteiger partial charge on any atom is -0.308 e. The summed E-state index contributed by atoms with van der Waals surface area (Å²) in [6.07, 6.45) is -21.0. The highest BCUT2D eigenvalue weighted by Crippen LogP contribution is 2.47. The molecule has 0 spiro atoms. The quantitative estimate of drug-likeness (QED) is 0.135. The zero-order valence-electron chi connectivity index (χ0n) is 43.5. The molecule has 0 aliphatic heterocycles. The first-order chi connectivity index (χ1) is 40.6. The zero-order chi connectivity index (χ0) is 59.6. The third-order valence-corrected chi connectivity index (χ3v) is 14.3. The Labute approximate surface area is 475 Å². The number of hydrogen-bond donors (Lipinski definition) is 0. The summed E-state index contributed by atoms with van der Waals surface area (Å²) in [4.78, 5) is 20.6. The van der Waals surface area contributed by atoms with E-state index in [0.717, 1.165) is 0 Å². The fourth-order valence-corrected chi connectivity index (χ4v) is 10.3. The van der Waals surface area contributed by atoms with Crippen LogP contribution in [0.15, 0.2) is 218 Å². The van der Waals surface area contributed by atoms with Crippen LogP contribution in [-0.4, -0.2) is 24.5 Å². The lowest BCUT2D eigenvalue weighted by Gasteiger charge is -2.20. The minimum absolute atomic E-state index is 0.0193.